The Morgan fingerprint density at radius 2 is 2.06 bits per heavy atom. The Hall–Kier alpha value is -2.42. The number of H-pyrrole nitrogens is 1. The van der Waals surface area contributed by atoms with E-state index < -0.39 is 0 Å². The van der Waals surface area contributed by atoms with Crippen LogP contribution in [0.1, 0.15) is 10.4 Å². The monoisotopic (exact) mass is 224 g/mol. The Bertz CT molecular complexity index is 620. The Kier molecular flexibility index (Phi) is 3.01. The zero-order valence-electron chi connectivity index (χ0n) is 9.31. The van der Waals surface area contributed by atoms with E-state index in [9.17, 15) is 4.79 Å². The summed E-state index contributed by atoms with van der Waals surface area (Å²) in [6.07, 6.45) is 4.46. The van der Waals surface area contributed by atoms with Crippen LogP contribution in [0.3, 0.4) is 0 Å². The number of rotatable bonds is 4. The van der Waals surface area contributed by atoms with Crippen molar-refractivity contribution in [2.45, 2.75) is 0 Å². The Morgan fingerprint density at radius 3 is 2.76 bits per heavy atom. The summed E-state index contributed by atoms with van der Waals surface area (Å²) in [6, 6.07) is 7.63. The summed E-state index contributed by atoms with van der Waals surface area (Å²) in [5.74, 6) is -0.155. The molecule has 0 aliphatic heterocycles. The van der Waals surface area contributed by atoms with Crippen LogP contribution in [0.4, 0.5) is 0 Å². The molecule has 0 saturated carbocycles. The van der Waals surface area contributed by atoms with Gasteiger partial charge in [-0.3, -0.25) is 9.79 Å². The maximum atomic E-state index is 12.2. The first-order valence-corrected chi connectivity index (χ1v) is 5.20. The number of hydrogen-bond acceptors (Lipinski definition) is 2. The molecule has 1 heterocycles. The summed E-state index contributed by atoms with van der Waals surface area (Å²) < 4.78 is 0. The number of ketones is 1. The SMILES string of the molecule is C=CN=C(C=C)C(=O)c1c[nH]c2ccccc12. The number of carbonyl (C=O) groups excluding carboxylic acids is 1. The minimum Gasteiger partial charge on any atom is -0.360 e. The third kappa shape index (κ3) is 1.95. The lowest BCUT2D eigenvalue weighted by molar-refractivity contribution is 0.106. The second kappa shape index (κ2) is 4.61. The highest BCUT2D eigenvalue weighted by atomic mass is 16.1. The smallest absolute Gasteiger partial charge is 0.213 e. The van der Waals surface area contributed by atoms with Gasteiger partial charge < -0.3 is 4.98 Å². The number of hydrogen-bond donors (Lipinski definition) is 1. The molecule has 2 aromatic rings. The number of fused-ring (bicyclic) bond motifs is 1. The van der Waals surface area contributed by atoms with E-state index in [1.54, 1.807) is 6.20 Å². The van der Waals surface area contributed by atoms with Crippen molar-refractivity contribution in [3.8, 4) is 0 Å². The predicted octanol–water partition coefficient (Wildman–Crippen LogP) is 3.12. The second-order valence-corrected chi connectivity index (χ2v) is 3.48. The van der Waals surface area contributed by atoms with E-state index in [2.05, 4.69) is 23.1 Å². The van der Waals surface area contributed by atoms with Crippen LogP contribution >= 0.6 is 0 Å². The molecule has 17 heavy (non-hydrogen) atoms. The third-order valence-corrected chi connectivity index (χ3v) is 2.49. The lowest BCUT2D eigenvalue weighted by atomic mass is 10.1. The molecule has 1 N–H and O–H groups in total. The van der Waals surface area contributed by atoms with Crippen LogP contribution in [-0.2, 0) is 0 Å². The second-order valence-electron chi connectivity index (χ2n) is 3.48. The fourth-order valence-corrected chi connectivity index (χ4v) is 1.70. The van der Waals surface area contributed by atoms with Gasteiger partial charge in [0.05, 0.1) is 0 Å². The average molecular weight is 224 g/mol. The summed E-state index contributed by atoms with van der Waals surface area (Å²) in [4.78, 5) is 19.1. The molecule has 0 atom stereocenters. The van der Waals surface area contributed by atoms with E-state index in [0.29, 0.717) is 11.3 Å². The van der Waals surface area contributed by atoms with E-state index >= 15 is 0 Å². The van der Waals surface area contributed by atoms with Gasteiger partial charge >= 0.3 is 0 Å². The normalized spacial score (nSPS) is 11.4. The van der Waals surface area contributed by atoms with Gasteiger partial charge in [0.15, 0.2) is 0 Å². The molecule has 0 unspecified atom stereocenters. The summed E-state index contributed by atoms with van der Waals surface area (Å²) in [5.41, 5.74) is 1.82. The highest BCUT2D eigenvalue weighted by Crippen LogP contribution is 2.18. The zero-order chi connectivity index (χ0) is 12.3. The van der Waals surface area contributed by atoms with Gasteiger partial charge in [0.25, 0.3) is 0 Å². The molecule has 0 aliphatic carbocycles. The number of aliphatic imine (C=N–C) groups is 1. The van der Waals surface area contributed by atoms with Gasteiger partial charge in [0.2, 0.25) is 5.78 Å². The van der Waals surface area contributed by atoms with Crippen molar-refractivity contribution in [3.63, 3.8) is 0 Å². The lowest BCUT2D eigenvalue weighted by Gasteiger charge is -1.98. The minimum absolute atomic E-state index is 0.155. The van der Waals surface area contributed by atoms with Crippen molar-refractivity contribution in [2.24, 2.45) is 4.99 Å². The Labute approximate surface area is 99.2 Å². The van der Waals surface area contributed by atoms with Gasteiger partial charge in [-0.2, -0.15) is 0 Å². The van der Waals surface area contributed by atoms with Crippen molar-refractivity contribution in [1.29, 1.82) is 0 Å². The first kappa shape index (κ1) is 11.1. The van der Waals surface area contributed by atoms with Crippen LogP contribution in [0, 0.1) is 0 Å². The molecule has 3 nitrogen and oxygen atoms in total. The van der Waals surface area contributed by atoms with E-state index in [1.165, 1.54) is 12.3 Å². The number of nitrogens with one attached hydrogen (secondary N) is 1. The number of nitrogens with zero attached hydrogens (tertiary/aromatic N) is 1. The highest BCUT2D eigenvalue weighted by Gasteiger charge is 2.14. The standard InChI is InChI=1S/C14H12N2O/c1-3-12(15-4-2)14(17)11-9-16-13-8-6-5-7-10(11)13/h3-9,16H,1-2H2. The van der Waals surface area contributed by atoms with E-state index in [1.807, 2.05) is 24.3 Å². The van der Waals surface area contributed by atoms with E-state index in [0.717, 1.165) is 10.9 Å². The molecule has 3 heteroatoms. The van der Waals surface area contributed by atoms with Crippen molar-refractivity contribution in [1.82, 2.24) is 4.98 Å². The van der Waals surface area contributed by atoms with Crippen LogP contribution in [-0.4, -0.2) is 16.5 Å². The molecule has 84 valence electrons. The van der Waals surface area contributed by atoms with Crippen LogP contribution in [0.15, 0.2) is 60.9 Å². The van der Waals surface area contributed by atoms with Crippen LogP contribution < -0.4 is 0 Å². The molecular weight excluding hydrogens is 212 g/mol. The molecule has 0 fully saturated rings. The van der Waals surface area contributed by atoms with Gasteiger partial charge in [-0.25, -0.2) is 0 Å². The third-order valence-electron chi connectivity index (χ3n) is 2.49. The molecule has 0 bridgehead atoms. The summed E-state index contributed by atoms with van der Waals surface area (Å²) in [6.45, 7) is 7.06. The van der Waals surface area contributed by atoms with Crippen molar-refractivity contribution >= 4 is 22.4 Å². The number of aromatic nitrogens is 1. The highest BCUT2D eigenvalue weighted by molar-refractivity contribution is 6.51. The molecule has 1 aromatic heterocycles. The largest absolute Gasteiger partial charge is 0.360 e. The summed E-state index contributed by atoms with van der Waals surface area (Å²) in [5, 5.41) is 0.885. The Morgan fingerprint density at radius 1 is 1.29 bits per heavy atom. The predicted molar refractivity (Wildman–Crippen MR) is 70.5 cm³/mol. The molecule has 0 radical (unpaired) electrons. The minimum atomic E-state index is -0.155. The molecule has 0 spiro atoms. The molecule has 0 aliphatic rings. The fourth-order valence-electron chi connectivity index (χ4n) is 1.70. The molecule has 1 aromatic carbocycles. The fraction of sp³-hybridized carbons (Fsp3) is 0. The Balaban J connectivity index is 2.54. The molecule has 2 rings (SSSR count). The number of aromatic amines is 1. The van der Waals surface area contributed by atoms with Crippen molar-refractivity contribution in [3.05, 3.63) is 61.5 Å². The summed E-state index contributed by atoms with van der Waals surface area (Å²) >= 11 is 0. The van der Waals surface area contributed by atoms with Gasteiger partial charge in [-0.15, -0.1) is 0 Å². The number of allylic oxidation sites excluding steroid dienone is 1. The van der Waals surface area contributed by atoms with E-state index in [-0.39, 0.29) is 5.78 Å². The number of para-hydroxylation sites is 1. The number of carbonyl (C=O) groups is 1. The first-order chi connectivity index (χ1) is 8.27. The van der Waals surface area contributed by atoms with Crippen molar-refractivity contribution in [2.75, 3.05) is 0 Å². The lowest BCUT2D eigenvalue weighted by Crippen LogP contribution is -2.10. The van der Waals surface area contributed by atoms with Crippen LogP contribution in [0.2, 0.25) is 0 Å². The van der Waals surface area contributed by atoms with Crippen molar-refractivity contribution < 1.29 is 4.79 Å². The number of Topliss-reactive ketones (excluding diaryl/α,β-unsaturated/α-hetero) is 1. The van der Waals surface area contributed by atoms with E-state index in [4.69, 9.17) is 0 Å². The molecule has 0 amide bonds. The topological polar surface area (TPSA) is 45.2 Å². The maximum absolute atomic E-state index is 12.2. The first-order valence-electron chi connectivity index (χ1n) is 5.20. The zero-order valence-corrected chi connectivity index (χ0v) is 9.31. The van der Waals surface area contributed by atoms with Crippen LogP contribution in [0.5, 0.6) is 0 Å². The van der Waals surface area contributed by atoms with Gasteiger partial charge in [-0.05, 0) is 12.1 Å². The average Bonchev–Trinajstić information content (AvgIpc) is 2.79. The van der Waals surface area contributed by atoms with Gasteiger partial charge in [0, 0.05) is 28.9 Å². The maximum Gasteiger partial charge on any atom is 0.213 e. The van der Waals surface area contributed by atoms with Crippen LogP contribution in [0.25, 0.3) is 10.9 Å². The molecule has 0 saturated heterocycles. The van der Waals surface area contributed by atoms with Gasteiger partial charge in [0.1, 0.15) is 5.71 Å². The quantitative estimate of drug-likeness (QED) is 0.629. The molecular formula is C14H12N2O. The van der Waals surface area contributed by atoms with Gasteiger partial charge in [-0.1, -0.05) is 31.4 Å². The summed E-state index contributed by atoms with van der Waals surface area (Å²) in [7, 11) is 0. The number of benzene rings is 1.